The molecule has 5 heterocycles. The van der Waals surface area contributed by atoms with Crippen LogP contribution in [0, 0.1) is 39.4 Å². The Bertz CT molecular complexity index is 2690. The molecule has 10 rings (SSSR count). The van der Waals surface area contributed by atoms with Crippen molar-refractivity contribution in [3.63, 3.8) is 0 Å². The van der Waals surface area contributed by atoms with E-state index in [1.165, 1.54) is 38.4 Å². The summed E-state index contributed by atoms with van der Waals surface area (Å²) in [6, 6.07) is 27.2. The van der Waals surface area contributed by atoms with Gasteiger partial charge in [0, 0.05) is 90.7 Å². The van der Waals surface area contributed by atoms with Gasteiger partial charge in [-0.3, -0.25) is 14.5 Å². The molecule has 2 saturated heterocycles. The molecule has 0 amide bonds. The average molecular weight is 864 g/mol. The third-order valence-electron chi connectivity index (χ3n) is 14.4. The fraction of sp³-hybridized carbons (Fsp3) is 0.404. The summed E-state index contributed by atoms with van der Waals surface area (Å²) in [6.07, 6.45) is 4.14. The number of nitrogens with zero attached hydrogens (tertiary/aromatic N) is 7. The van der Waals surface area contributed by atoms with Crippen LogP contribution < -0.4 is 14.5 Å². The lowest BCUT2D eigenvalue weighted by molar-refractivity contribution is 0.201. The van der Waals surface area contributed by atoms with Gasteiger partial charge < -0.3 is 19.6 Å². The molecule has 3 atom stereocenters. The van der Waals surface area contributed by atoms with E-state index in [1.54, 1.807) is 24.5 Å². The minimum Gasteiger partial charge on any atom is -0.508 e. The highest BCUT2D eigenvalue weighted by Crippen LogP contribution is 2.50. The standard InChI is InChI=1S/C52H58FN7O2S/c1-31-7-9-37(10-8-31)42-15-11-38-27-41(61)14-18-43(38)49(42)45-17-13-40(29-47(45)62-6)59-25-23-57(24-26-59)30-36-19-21-58(22-20-36)39-12-16-44(46(53)28-39)50-48-32(2)34(4)63-52(48)60-35(5)55-56-51(60)33(3)54-50/h7-10,12-14,16-18,27-29,33,36,42,49,61H,11,15,19-26,30H2,1-6H3/t33-,42-,49+/m0/s1. The van der Waals surface area contributed by atoms with E-state index >= 15 is 4.39 Å². The van der Waals surface area contributed by atoms with Crippen molar-refractivity contribution in [3.8, 4) is 16.5 Å². The van der Waals surface area contributed by atoms with Crippen LogP contribution in [-0.2, 0) is 6.42 Å². The minimum absolute atomic E-state index is 0.131. The molecule has 0 unspecified atom stereocenters. The number of anilines is 2. The van der Waals surface area contributed by atoms with Gasteiger partial charge in [-0.2, -0.15) is 0 Å². The second-order valence-corrected chi connectivity index (χ2v) is 19.5. The van der Waals surface area contributed by atoms with Gasteiger partial charge in [0.25, 0.3) is 0 Å². The van der Waals surface area contributed by atoms with E-state index in [1.807, 2.05) is 32.0 Å². The number of aromatic nitrogens is 3. The van der Waals surface area contributed by atoms with E-state index in [-0.39, 0.29) is 17.8 Å². The first-order chi connectivity index (χ1) is 30.5. The molecule has 63 heavy (non-hydrogen) atoms. The predicted octanol–water partition coefficient (Wildman–Crippen LogP) is 10.2. The number of aromatic hydroxyl groups is 1. The lowest BCUT2D eigenvalue weighted by Gasteiger charge is -2.40. The molecule has 0 bridgehead atoms. The summed E-state index contributed by atoms with van der Waals surface area (Å²) in [4.78, 5) is 13.8. The van der Waals surface area contributed by atoms with Crippen molar-refractivity contribution >= 4 is 28.4 Å². The Morgan fingerprint density at radius 3 is 2.25 bits per heavy atom. The first kappa shape index (κ1) is 41.5. The number of aryl methyl sites for hydroxylation is 4. The van der Waals surface area contributed by atoms with Gasteiger partial charge in [-0.05, 0) is 131 Å². The van der Waals surface area contributed by atoms with Gasteiger partial charge in [0.05, 0.1) is 12.8 Å². The summed E-state index contributed by atoms with van der Waals surface area (Å²) in [5, 5.41) is 20.2. The summed E-state index contributed by atoms with van der Waals surface area (Å²) in [5.74, 6) is 3.69. The molecule has 11 heteroatoms. The first-order valence-corrected chi connectivity index (χ1v) is 23.5. The molecule has 0 saturated carbocycles. The van der Waals surface area contributed by atoms with Crippen LogP contribution in [0.2, 0.25) is 0 Å². The number of hydrogen-bond acceptors (Lipinski definition) is 9. The number of halogens is 1. The molecule has 4 aliphatic rings. The van der Waals surface area contributed by atoms with Gasteiger partial charge in [-0.25, -0.2) is 4.39 Å². The van der Waals surface area contributed by atoms with E-state index in [0.717, 1.165) is 111 Å². The molecule has 0 radical (unpaired) electrons. The molecule has 3 aliphatic heterocycles. The number of rotatable bonds is 8. The first-order valence-electron chi connectivity index (χ1n) is 22.7. The Morgan fingerprint density at radius 2 is 1.51 bits per heavy atom. The molecule has 6 aromatic rings. The van der Waals surface area contributed by atoms with Crippen molar-refractivity contribution in [2.24, 2.45) is 10.9 Å². The Morgan fingerprint density at radius 1 is 0.794 bits per heavy atom. The van der Waals surface area contributed by atoms with E-state index < -0.39 is 0 Å². The minimum atomic E-state index is -0.252. The van der Waals surface area contributed by atoms with Crippen LogP contribution in [0.3, 0.4) is 0 Å². The summed E-state index contributed by atoms with van der Waals surface area (Å²) in [5.41, 5.74) is 11.8. The smallest absolute Gasteiger partial charge is 0.162 e. The third kappa shape index (κ3) is 7.71. The highest BCUT2D eigenvalue weighted by Gasteiger charge is 2.35. The molecule has 326 valence electrons. The fourth-order valence-corrected chi connectivity index (χ4v) is 12.0. The number of hydrogen-bond donors (Lipinski definition) is 1. The summed E-state index contributed by atoms with van der Waals surface area (Å²) >= 11 is 1.70. The molecule has 4 aromatic carbocycles. The van der Waals surface area contributed by atoms with Crippen LogP contribution in [0.1, 0.15) is 105 Å². The molecule has 2 aromatic heterocycles. The molecular formula is C52H58FN7O2S. The SMILES string of the molecule is COc1cc(N2CCN(CC3CCN(c4ccc(C5=N[C@@H](C)c6nnc(C)n6-c6sc(C)c(C)c65)c(F)c4)CC3)CC2)ccc1[C@H]1c2ccc(O)cc2CC[C@H]1c1ccc(C)cc1. The summed E-state index contributed by atoms with van der Waals surface area (Å²) in [7, 11) is 1.80. The second-order valence-electron chi connectivity index (χ2n) is 18.3. The number of piperidine rings is 1. The Labute approximate surface area is 374 Å². The van der Waals surface area contributed by atoms with Crippen molar-refractivity contribution in [1.82, 2.24) is 19.7 Å². The molecule has 2 fully saturated rings. The van der Waals surface area contributed by atoms with Crippen molar-refractivity contribution in [1.29, 1.82) is 0 Å². The number of phenols is 1. The number of piperazine rings is 1. The monoisotopic (exact) mass is 863 g/mol. The zero-order chi connectivity index (χ0) is 43.5. The zero-order valence-electron chi connectivity index (χ0n) is 37.4. The maximum atomic E-state index is 16.3. The van der Waals surface area contributed by atoms with Gasteiger partial charge in [0.1, 0.15) is 34.2 Å². The maximum absolute atomic E-state index is 16.3. The zero-order valence-corrected chi connectivity index (χ0v) is 38.2. The number of phenolic OH excluding ortho intramolecular Hbond substituents is 1. The summed E-state index contributed by atoms with van der Waals surface area (Å²) in [6.45, 7) is 17.3. The van der Waals surface area contributed by atoms with Crippen molar-refractivity contribution in [2.75, 3.05) is 62.7 Å². The van der Waals surface area contributed by atoms with Gasteiger partial charge in [0.2, 0.25) is 0 Å². The highest BCUT2D eigenvalue weighted by molar-refractivity contribution is 7.15. The highest BCUT2D eigenvalue weighted by atomic mass is 32.1. The largest absolute Gasteiger partial charge is 0.508 e. The van der Waals surface area contributed by atoms with Gasteiger partial charge in [0.15, 0.2) is 5.82 Å². The van der Waals surface area contributed by atoms with Crippen LogP contribution in [-0.4, -0.2) is 83.4 Å². The van der Waals surface area contributed by atoms with Crippen LogP contribution in [0.4, 0.5) is 15.8 Å². The summed E-state index contributed by atoms with van der Waals surface area (Å²) < 4.78 is 24.6. The lowest BCUT2D eigenvalue weighted by atomic mass is 9.69. The number of fused-ring (bicyclic) bond motifs is 4. The number of ether oxygens (including phenoxy) is 1. The van der Waals surface area contributed by atoms with E-state index in [0.29, 0.717) is 28.9 Å². The van der Waals surface area contributed by atoms with E-state index in [4.69, 9.17) is 9.73 Å². The number of aliphatic imine (C=N–C) groups is 1. The average Bonchev–Trinajstić information content (AvgIpc) is 3.79. The molecular weight excluding hydrogens is 806 g/mol. The Hall–Kier alpha value is -5.52. The third-order valence-corrected chi connectivity index (χ3v) is 15.6. The van der Waals surface area contributed by atoms with Crippen LogP contribution in [0.5, 0.6) is 11.5 Å². The molecule has 0 spiro atoms. The number of thiophene rings is 1. The second kappa shape index (κ2) is 16.9. The fourth-order valence-electron chi connectivity index (χ4n) is 10.8. The topological polar surface area (TPSA) is 82.2 Å². The van der Waals surface area contributed by atoms with Crippen LogP contribution in [0.15, 0.2) is 83.9 Å². The van der Waals surface area contributed by atoms with Crippen molar-refractivity contribution in [3.05, 3.63) is 146 Å². The lowest BCUT2D eigenvalue weighted by Crippen LogP contribution is -2.49. The van der Waals surface area contributed by atoms with Crippen molar-refractivity contribution < 1.29 is 14.2 Å². The number of benzene rings is 4. The molecule has 1 aliphatic carbocycles. The normalized spacial score (nSPS) is 20.5. The van der Waals surface area contributed by atoms with Crippen LogP contribution in [0.25, 0.3) is 5.00 Å². The van der Waals surface area contributed by atoms with E-state index in [2.05, 4.69) is 105 Å². The van der Waals surface area contributed by atoms with Gasteiger partial charge in [-0.15, -0.1) is 21.5 Å². The molecule has 1 N–H and O–H groups in total. The van der Waals surface area contributed by atoms with Crippen LogP contribution >= 0.6 is 11.3 Å². The maximum Gasteiger partial charge on any atom is 0.162 e. The van der Waals surface area contributed by atoms with Gasteiger partial charge in [-0.1, -0.05) is 42.0 Å². The van der Waals surface area contributed by atoms with Gasteiger partial charge >= 0.3 is 0 Å². The Kier molecular flexibility index (Phi) is 11.1. The van der Waals surface area contributed by atoms with E-state index in [9.17, 15) is 5.11 Å². The predicted molar refractivity (Wildman–Crippen MR) is 253 cm³/mol. The van der Waals surface area contributed by atoms with Crippen molar-refractivity contribution in [2.45, 2.75) is 78.2 Å². The Balaban J connectivity index is 0.777. The molecule has 9 nitrogen and oxygen atoms in total. The number of methoxy groups -OCH3 is 1. The quantitative estimate of drug-likeness (QED) is 0.163.